The fraction of sp³-hybridized carbons (Fsp3) is 0.913. The Labute approximate surface area is 167 Å². The second-order valence-corrected chi connectivity index (χ2v) is 9.08. The van der Waals surface area contributed by atoms with Gasteiger partial charge < -0.3 is 10.2 Å². The summed E-state index contributed by atoms with van der Waals surface area (Å²) in [4.78, 5) is 22.4. The van der Waals surface area contributed by atoms with Gasteiger partial charge in [-0.25, -0.2) is 0 Å². The van der Waals surface area contributed by atoms with Gasteiger partial charge in [-0.1, -0.05) is 92.4 Å². The molecule has 0 aliphatic rings. The lowest BCUT2D eigenvalue weighted by Gasteiger charge is -2.39. The maximum absolute atomic E-state index is 12.0. The molecule has 27 heavy (non-hydrogen) atoms. The van der Waals surface area contributed by atoms with E-state index >= 15 is 0 Å². The molecule has 0 aromatic heterocycles. The van der Waals surface area contributed by atoms with E-state index in [-0.39, 0.29) is 11.8 Å². The molecule has 0 aromatic rings. The Morgan fingerprint density at radius 3 is 1.48 bits per heavy atom. The van der Waals surface area contributed by atoms with Crippen molar-refractivity contribution in [3.63, 3.8) is 0 Å². The monoisotopic (exact) mass is 384 g/mol. The summed E-state index contributed by atoms with van der Waals surface area (Å²) < 4.78 is 0. The van der Waals surface area contributed by atoms with Crippen LogP contribution < -0.4 is 0 Å². The summed E-state index contributed by atoms with van der Waals surface area (Å²) in [6.07, 6.45) is 12.5. The molecule has 0 aromatic carbocycles. The maximum Gasteiger partial charge on any atom is 0.310 e. The van der Waals surface area contributed by atoms with Gasteiger partial charge in [0, 0.05) is 6.42 Å². The number of carboxylic acids is 2. The molecule has 0 rings (SSSR count). The molecule has 0 fully saturated rings. The summed E-state index contributed by atoms with van der Waals surface area (Å²) >= 11 is 0. The third-order valence-electron chi connectivity index (χ3n) is 6.23. The zero-order valence-corrected chi connectivity index (χ0v) is 18.4. The maximum atomic E-state index is 12.0. The van der Waals surface area contributed by atoms with Gasteiger partial charge in [-0.15, -0.1) is 0 Å². The summed E-state index contributed by atoms with van der Waals surface area (Å²) in [5.74, 6) is -0.588. The third kappa shape index (κ3) is 10.2. The van der Waals surface area contributed by atoms with Gasteiger partial charge in [0.2, 0.25) is 0 Å². The van der Waals surface area contributed by atoms with Crippen LogP contribution in [0.3, 0.4) is 0 Å². The zero-order valence-electron chi connectivity index (χ0n) is 18.4. The molecule has 160 valence electrons. The van der Waals surface area contributed by atoms with Gasteiger partial charge in [0.25, 0.3) is 0 Å². The Morgan fingerprint density at radius 2 is 1.11 bits per heavy atom. The van der Waals surface area contributed by atoms with Crippen molar-refractivity contribution in [2.24, 2.45) is 23.2 Å². The van der Waals surface area contributed by atoms with Crippen molar-refractivity contribution in [2.75, 3.05) is 0 Å². The molecule has 0 heterocycles. The van der Waals surface area contributed by atoms with Crippen LogP contribution in [-0.4, -0.2) is 22.2 Å². The average molecular weight is 385 g/mol. The highest BCUT2D eigenvalue weighted by atomic mass is 16.4. The van der Waals surface area contributed by atoms with Crippen LogP contribution in [0.1, 0.15) is 112 Å². The van der Waals surface area contributed by atoms with Crippen molar-refractivity contribution in [3.05, 3.63) is 0 Å². The van der Waals surface area contributed by atoms with E-state index in [0.717, 1.165) is 32.1 Å². The fourth-order valence-corrected chi connectivity index (χ4v) is 4.40. The molecule has 0 amide bonds. The number of hydrogen-bond acceptors (Lipinski definition) is 2. The van der Waals surface area contributed by atoms with Crippen molar-refractivity contribution >= 4 is 11.9 Å². The molecular formula is C23H44O4. The predicted molar refractivity (Wildman–Crippen MR) is 112 cm³/mol. The van der Waals surface area contributed by atoms with E-state index < -0.39 is 17.4 Å². The first-order chi connectivity index (χ1) is 12.6. The topological polar surface area (TPSA) is 74.6 Å². The van der Waals surface area contributed by atoms with E-state index in [1.807, 2.05) is 27.7 Å². The molecule has 0 aliphatic heterocycles. The predicted octanol–water partition coefficient (Wildman–Crippen LogP) is 6.77. The van der Waals surface area contributed by atoms with E-state index in [2.05, 4.69) is 6.92 Å². The molecule has 1 atom stereocenters. The SMILES string of the molecule is CC(CCCCCCCCCCCC(=O)O)CC(C(=O)O)(C(C)C)C(C)C. The molecule has 0 aliphatic carbocycles. The molecule has 0 spiro atoms. The van der Waals surface area contributed by atoms with Gasteiger partial charge in [0.1, 0.15) is 0 Å². The highest BCUT2D eigenvalue weighted by molar-refractivity contribution is 5.75. The number of unbranched alkanes of at least 4 members (excludes halogenated alkanes) is 8. The van der Waals surface area contributed by atoms with Gasteiger partial charge in [-0.05, 0) is 30.6 Å². The van der Waals surface area contributed by atoms with Crippen molar-refractivity contribution in [1.82, 2.24) is 0 Å². The summed E-state index contributed by atoms with van der Waals surface area (Å²) in [6.45, 7) is 10.4. The molecule has 1 unspecified atom stereocenters. The second kappa shape index (κ2) is 14.0. The first-order valence-electron chi connectivity index (χ1n) is 11.1. The summed E-state index contributed by atoms with van der Waals surface area (Å²) in [5.41, 5.74) is -0.611. The number of aliphatic carboxylic acids is 2. The Hall–Kier alpha value is -1.06. The Kier molecular flexibility index (Phi) is 13.5. The van der Waals surface area contributed by atoms with Gasteiger partial charge in [0.05, 0.1) is 5.41 Å². The normalized spacial score (nSPS) is 13.3. The molecule has 2 N–H and O–H groups in total. The fourth-order valence-electron chi connectivity index (χ4n) is 4.40. The molecule has 4 heteroatoms. The van der Waals surface area contributed by atoms with Crippen LogP contribution in [0.2, 0.25) is 0 Å². The lowest BCUT2D eigenvalue weighted by molar-refractivity contribution is -0.157. The minimum atomic E-state index is -0.688. The van der Waals surface area contributed by atoms with Gasteiger partial charge in [-0.3, -0.25) is 9.59 Å². The van der Waals surface area contributed by atoms with Gasteiger partial charge >= 0.3 is 11.9 Å². The third-order valence-corrected chi connectivity index (χ3v) is 6.23. The standard InChI is InChI=1S/C23H44O4/c1-18(2)23(19(3)4,22(26)27)17-20(5)15-13-11-9-7-6-8-10-12-14-16-21(24)25/h18-20H,6-17H2,1-5H3,(H,24,25)(H,26,27). The highest BCUT2D eigenvalue weighted by Gasteiger charge is 2.45. The largest absolute Gasteiger partial charge is 0.481 e. The lowest BCUT2D eigenvalue weighted by Crippen LogP contribution is -2.42. The van der Waals surface area contributed by atoms with Crippen molar-refractivity contribution in [2.45, 2.75) is 112 Å². The van der Waals surface area contributed by atoms with Crippen LogP contribution in [0.4, 0.5) is 0 Å². The first-order valence-corrected chi connectivity index (χ1v) is 11.1. The highest BCUT2D eigenvalue weighted by Crippen LogP contribution is 2.43. The number of hydrogen-bond donors (Lipinski definition) is 2. The molecule has 4 nitrogen and oxygen atoms in total. The molecule has 0 saturated heterocycles. The number of rotatable bonds is 17. The van der Waals surface area contributed by atoms with Gasteiger partial charge in [0.15, 0.2) is 0 Å². The number of carboxylic acid groups (broad SMARTS) is 2. The molecule has 0 bridgehead atoms. The zero-order chi connectivity index (χ0) is 20.9. The van der Waals surface area contributed by atoms with Crippen molar-refractivity contribution in [3.8, 4) is 0 Å². The van der Waals surface area contributed by atoms with E-state index in [4.69, 9.17) is 5.11 Å². The van der Waals surface area contributed by atoms with Crippen LogP contribution in [0.5, 0.6) is 0 Å². The van der Waals surface area contributed by atoms with E-state index in [9.17, 15) is 14.7 Å². The average Bonchev–Trinajstić information content (AvgIpc) is 2.56. The minimum Gasteiger partial charge on any atom is -0.481 e. The first kappa shape index (κ1) is 25.9. The number of carbonyl (C=O) groups is 2. The second-order valence-electron chi connectivity index (χ2n) is 9.08. The smallest absolute Gasteiger partial charge is 0.310 e. The van der Waals surface area contributed by atoms with Crippen molar-refractivity contribution < 1.29 is 19.8 Å². The minimum absolute atomic E-state index is 0.146. The summed E-state index contributed by atoms with van der Waals surface area (Å²) in [7, 11) is 0. The molecule has 0 radical (unpaired) electrons. The summed E-state index contributed by atoms with van der Waals surface area (Å²) in [5, 5.41) is 18.4. The Morgan fingerprint density at radius 1 is 0.704 bits per heavy atom. The quantitative estimate of drug-likeness (QED) is 0.271. The Bertz CT molecular complexity index is 407. The van der Waals surface area contributed by atoms with Crippen molar-refractivity contribution in [1.29, 1.82) is 0 Å². The summed E-state index contributed by atoms with van der Waals surface area (Å²) in [6, 6.07) is 0. The van der Waals surface area contributed by atoms with Crippen LogP contribution in [0.25, 0.3) is 0 Å². The lowest BCUT2D eigenvalue weighted by atomic mass is 9.64. The van der Waals surface area contributed by atoms with E-state index in [1.54, 1.807) is 0 Å². The van der Waals surface area contributed by atoms with E-state index in [1.165, 1.54) is 38.5 Å². The van der Waals surface area contributed by atoms with Crippen LogP contribution in [0.15, 0.2) is 0 Å². The Balaban J connectivity index is 3.89. The van der Waals surface area contributed by atoms with Crippen LogP contribution in [-0.2, 0) is 9.59 Å². The van der Waals surface area contributed by atoms with Crippen LogP contribution >= 0.6 is 0 Å². The molecular weight excluding hydrogens is 340 g/mol. The van der Waals surface area contributed by atoms with Crippen LogP contribution in [0, 0.1) is 23.2 Å². The van der Waals surface area contributed by atoms with E-state index in [0.29, 0.717) is 12.3 Å². The van der Waals surface area contributed by atoms with Gasteiger partial charge in [-0.2, -0.15) is 0 Å². The molecule has 0 saturated carbocycles.